The van der Waals surface area contributed by atoms with Crippen molar-refractivity contribution in [2.45, 2.75) is 57.4 Å². The van der Waals surface area contributed by atoms with Crippen LogP contribution in [0.4, 0.5) is 10.5 Å². The van der Waals surface area contributed by atoms with E-state index in [1.165, 1.54) is 17.0 Å². The minimum Gasteiger partial charge on any atom is -0.479 e. The third kappa shape index (κ3) is 6.00. The van der Waals surface area contributed by atoms with E-state index in [9.17, 15) is 18.0 Å². The molecule has 2 aromatic carbocycles. The molecule has 0 aliphatic carbocycles. The van der Waals surface area contributed by atoms with Gasteiger partial charge < -0.3 is 14.8 Å². The fourth-order valence-corrected chi connectivity index (χ4v) is 3.78. The van der Waals surface area contributed by atoms with Crippen molar-refractivity contribution >= 4 is 27.5 Å². The van der Waals surface area contributed by atoms with Crippen molar-refractivity contribution in [2.75, 3.05) is 11.6 Å². The largest absolute Gasteiger partial charge is 0.479 e. The number of fused-ring (bicyclic) bond motifs is 1. The summed E-state index contributed by atoms with van der Waals surface area (Å²) in [5.41, 5.74) is 1.41. The molecule has 8 nitrogen and oxygen atoms in total. The molecule has 32 heavy (non-hydrogen) atoms. The van der Waals surface area contributed by atoms with Gasteiger partial charge in [0.2, 0.25) is 0 Å². The van der Waals surface area contributed by atoms with Crippen LogP contribution in [0.1, 0.15) is 38.8 Å². The quantitative estimate of drug-likeness (QED) is 0.729. The topological polar surface area (TPSA) is 102 Å². The van der Waals surface area contributed by atoms with Crippen LogP contribution >= 0.6 is 0 Å². The molecule has 0 radical (unpaired) electrons. The van der Waals surface area contributed by atoms with Crippen LogP contribution in [0.2, 0.25) is 0 Å². The zero-order chi connectivity index (χ0) is 23.7. The predicted octanol–water partition coefficient (Wildman–Crippen LogP) is 3.75. The Morgan fingerprint density at radius 2 is 1.69 bits per heavy atom. The number of anilines is 1. The van der Waals surface area contributed by atoms with E-state index >= 15 is 0 Å². The molecule has 0 saturated carbocycles. The molecule has 0 bridgehead atoms. The lowest BCUT2D eigenvalue weighted by Gasteiger charge is -2.28. The summed E-state index contributed by atoms with van der Waals surface area (Å²) in [4.78, 5) is 26.6. The minimum atomic E-state index is -3.31. The van der Waals surface area contributed by atoms with Gasteiger partial charge in [-0.15, -0.1) is 0 Å². The highest BCUT2D eigenvalue weighted by atomic mass is 32.2. The number of nitrogens with zero attached hydrogens (tertiary/aromatic N) is 1. The maximum absolute atomic E-state index is 12.9. The Kier molecular flexibility index (Phi) is 6.50. The predicted molar refractivity (Wildman–Crippen MR) is 120 cm³/mol. The zero-order valence-electron chi connectivity index (χ0n) is 18.8. The van der Waals surface area contributed by atoms with Gasteiger partial charge in [-0.05, 0) is 63.1 Å². The number of ether oxygens (including phenoxy) is 2. The van der Waals surface area contributed by atoms with Crippen molar-refractivity contribution in [3.63, 3.8) is 0 Å². The lowest BCUT2D eigenvalue weighted by Crippen LogP contribution is -2.36. The average Bonchev–Trinajstić information content (AvgIpc) is 2.67. The SMILES string of the molecule is CC1Oc2ccc(CN(Cc3ccc(S(C)(=O)=O)cc3)C(=O)OC(C)(C)C)cc2NC1=O. The van der Waals surface area contributed by atoms with E-state index in [0.29, 0.717) is 11.4 Å². The Morgan fingerprint density at radius 1 is 1.09 bits per heavy atom. The number of rotatable bonds is 5. The van der Waals surface area contributed by atoms with E-state index in [1.807, 2.05) is 6.07 Å². The average molecular weight is 461 g/mol. The molecule has 1 aliphatic rings. The van der Waals surface area contributed by atoms with E-state index < -0.39 is 27.6 Å². The van der Waals surface area contributed by atoms with Gasteiger partial charge >= 0.3 is 6.09 Å². The maximum atomic E-state index is 12.9. The first-order valence-electron chi connectivity index (χ1n) is 10.2. The summed E-state index contributed by atoms with van der Waals surface area (Å²) in [6.07, 6.45) is 0.0757. The highest BCUT2D eigenvalue weighted by molar-refractivity contribution is 7.90. The Morgan fingerprint density at radius 3 is 2.28 bits per heavy atom. The number of nitrogens with one attached hydrogen (secondary N) is 1. The van der Waals surface area contributed by atoms with Crippen LogP contribution in [0.15, 0.2) is 47.4 Å². The van der Waals surface area contributed by atoms with E-state index in [0.717, 1.165) is 17.4 Å². The van der Waals surface area contributed by atoms with Gasteiger partial charge in [0, 0.05) is 19.3 Å². The second-order valence-corrected chi connectivity index (χ2v) is 10.8. The number of sulfone groups is 1. The van der Waals surface area contributed by atoms with Crippen LogP contribution in [-0.2, 0) is 32.5 Å². The molecule has 3 rings (SSSR count). The number of carbonyl (C=O) groups excluding carboxylic acids is 2. The van der Waals surface area contributed by atoms with Crippen LogP contribution in [0.5, 0.6) is 5.75 Å². The lowest BCUT2D eigenvalue weighted by atomic mass is 10.1. The molecule has 172 valence electrons. The molecule has 1 atom stereocenters. The van der Waals surface area contributed by atoms with Crippen LogP contribution in [-0.4, -0.2) is 43.3 Å². The van der Waals surface area contributed by atoms with Crippen LogP contribution in [0.3, 0.4) is 0 Å². The number of hydrogen-bond acceptors (Lipinski definition) is 6. The van der Waals surface area contributed by atoms with Gasteiger partial charge in [0.05, 0.1) is 10.6 Å². The number of hydrogen-bond donors (Lipinski definition) is 1. The Hall–Kier alpha value is -3.07. The summed E-state index contributed by atoms with van der Waals surface area (Å²) in [6, 6.07) is 11.7. The molecule has 1 heterocycles. The van der Waals surface area contributed by atoms with E-state index in [4.69, 9.17) is 9.47 Å². The summed E-state index contributed by atoms with van der Waals surface area (Å²) in [5, 5.41) is 2.81. The Bertz CT molecular complexity index is 1120. The van der Waals surface area contributed by atoms with Crippen molar-refractivity contribution in [1.82, 2.24) is 4.90 Å². The van der Waals surface area contributed by atoms with Crippen LogP contribution < -0.4 is 10.1 Å². The normalized spacial score (nSPS) is 15.9. The summed E-state index contributed by atoms with van der Waals surface area (Å²) in [5.74, 6) is 0.339. The van der Waals surface area contributed by atoms with Gasteiger partial charge in [0.15, 0.2) is 15.9 Å². The van der Waals surface area contributed by atoms with Gasteiger partial charge in [-0.25, -0.2) is 13.2 Å². The molecule has 9 heteroatoms. The van der Waals surface area contributed by atoms with E-state index in [-0.39, 0.29) is 23.9 Å². The second kappa shape index (κ2) is 8.82. The van der Waals surface area contributed by atoms with Gasteiger partial charge in [0.1, 0.15) is 11.4 Å². The molecule has 2 aromatic rings. The van der Waals surface area contributed by atoms with Crippen LogP contribution in [0, 0.1) is 0 Å². The summed E-state index contributed by atoms with van der Waals surface area (Å²) >= 11 is 0. The standard InChI is InChI=1S/C23H28N2O6S/c1-15-21(26)24-19-12-17(8-11-20(19)30-15)14-25(22(27)31-23(2,3)4)13-16-6-9-18(10-7-16)32(5,28)29/h6-12,15H,13-14H2,1-5H3,(H,24,26). The minimum absolute atomic E-state index is 0.213. The van der Waals surface area contributed by atoms with Crippen molar-refractivity contribution in [3.8, 4) is 5.75 Å². The summed E-state index contributed by atoms with van der Waals surface area (Å²) in [6.45, 7) is 7.48. The smallest absolute Gasteiger partial charge is 0.410 e. The highest BCUT2D eigenvalue weighted by Gasteiger charge is 2.26. The molecule has 0 saturated heterocycles. The Balaban J connectivity index is 1.84. The van der Waals surface area contributed by atoms with Gasteiger partial charge in [-0.3, -0.25) is 9.69 Å². The molecule has 1 unspecified atom stereocenters. The lowest BCUT2D eigenvalue weighted by molar-refractivity contribution is -0.122. The number of amides is 2. The van der Waals surface area contributed by atoms with Crippen LogP contribution in [0.25, 0.3) is 0 Å². The van der Waals surface area contributed by atoms with Gasteiger partial charge in [-0.2, -0.15) is 0 Å². The first kappa shape index (κ1) is 23.6. The molecule has 1 aliphatic heterocycles. The number of carbonyl (C=O) groups is 2. The monoisotopic (exact) mass is 460 g/mol. The third-order valence-corrected chi connectivity index (χ3v) is 5.85. The van der Waals surface area contributed by atoms with E-state index in [2.05, 4.69) is 5.32 Å². The first-order chi connectivity index (χ1) is 14.8. The second-order valence-electron chi connectivity index (χ2n) is 8.83. The van der Waals surface area contributed by atoms with Gasteiger partial charge in [0.25, 0.3) is 5.91 Å². The van der Waals surface area contributed by atoms with Gasteiger partial charge in [-0.1, -0.05) is 18.2 Å². The maximum Gasteiger partial charge on any atom is 0.410 e. The molecule has 2 amide bonds. The fourth-order valence-electron chi connectivity index (χ4n) is 3.15. The molecule has 1 N–H and O–H groups in total. The fraction of sp³-hybridized carbons (Fsp3) is 0.391. The van der Waals surface area contributed by atoms with Crippen molar-refractivity contribution in [3.05, 3.63) is 53.6 Å². The molecule has 0 aromatic heterocycles. The third-order valence-electron chi connectivity index (χ3n) is 4.72. The number of benzene rings is 2. The molecule has 0 spiro atoms. The highest BCUT2D eigenvalue weighted by Crippen LogP contribution is 2.31. The van der Waals surface area contributed by atoms with Crippen molar-refractivity contribution in [1.29, 1.82) is 0 Å². The summed E-state index contributed by atoms with van der Waals surface area (Å²) in [7, 11) is -3.31. The van der Waals surface area contributed by atoms with Crippen molar-refractivity contribution < 1.29 is 27.5 Å². The molecular weight excluding hydrogens is 432 g/mol. The molecular formula is C23H28N2O6S. The van der Waals surface area contributed by atoms with E-state index in [1.54, 1.807) is 52.0 Å². The first-order valence-corrected chi connectivity index (χ1v) is 12.1. The Labute approximate surface area is 188 Å². The summed E-state index contributed by atoms with van der Waals surface area (Å²) < 4.78 is 34.6. The zero-order valence-corrected chi connectivity index (χ0v) is 19.7. The molecule has 0 fully saturated rings. The van der Waals surface area contributed by atoms with Crippen molar-refractivity contribution in [2.24, 2.45) is 0 Å².